The van der Waals surface area contributed by atoms with Crippen molar-refractivity contribution in [3.8, 4) is 11.3 Å². The first-order chi connectivity index (χ1) is 13.7. The van der Waals surface area contributed by atoms with Crippen LogP contribution in [0.25, 0.3) is 22.3 Å². The Balaban J connectivity index is 1.66. The molecule has 138 valence electrons. The Morgan fingerprint density at radius 1 is 1.07 bits per heavy atom. The fourth-order valence-corrected chi connectivity index (χ4v) is 4.66. The molecule has 0 saturated heterocycles. The standard InChI is InChI=1S/C22H19AsN4O/c23-21-19-20(17-7-3-4-14(10-17)12-28)26-27(22(19)25-13-24-21)18-9-8-15-5-1-2-6-16(15)11-18/h1-7,10,13,18,28H,8-9,11-12H2. The molecule has 5 nitrogen and oxygen atoms in total. The summed E-state index contributed by atoms with van der Waals surface area (Å²) in [5.74, 6) is 0. The molecular formula is C22H19AsN4O. The molecule has 4 aromatic rings. The van der Waals surface area contributed by atoms with Gasteiger partial charge in [0.2, 0.25) is 0 Å². The summed E-state index contributed by atoms with van der Waals surface area (Å²) in [6, 6.07) is 16.8. The number of aliphatic hydroxyl groups is 1. The fraction of sp³-hybridized carbons (Fsp3) is 0.227. The van der Waals surface area contributed by atoms with Crippen LogP contribution in [0.4, 0.5) is 0 Å². The summed E-state index contributed by atoms with van der Waals surface area (Å²) in [4.78, 5) is 8.98. The van der Waals surface area contributed by atoms with Crippen molar-refractivity contribution in [3.05, 3.63) is 71.5 Å². The summed E-state index contributed by atoms with van der Waals surface area (Å²) in [6.45, 7) is 0.0113. The van der Waals surface area contributed by atoms with Gasteiger partial charge in [-0.1, -0.05) is 0 Å². The van der Waals surface area contributed by atoms with Crippen molar-refractivity contribution in [3.63, 3.8) is 0 Å². The molecule has 2 aromatic heterocycles. The first kappa shape index (κ1) is 17.6. The molecule has 5 rings (SSSR count). The van der Waals surface area contributed by atoms with Crippen LogP contribution >= 0.6 is 0 Å². The molecule has 2 aromatic carbocycles. The minimum absolute atomic E-state index is 0.0113. The van der Waals surface area contributed by atoms with Gasteiger partial charge in [0.15, 0.2) is 0 Å². The topological polar surface area (TPSA) is 63.8 Å². The molecule has 6 heteroatoms. The first-order valence-electron chi connectivity index (χ1n) is 9.43. The van der Waals surface area contributed by atoms with Gasteiger partial charge in [-0.15, -0.1) is 0 Å². The number of aromatic nitrogens is 4. The third-order valence-electron chi connectivity index (χ3n) is 5.52. The van der Waals surface area contributed by atoms with Gasteiger partial charge in [0.25, 0.3) is 0 Å². The van der Waals surface area contributed by atoms with Crippen LogP contribution in [0, 0.1) is 0 Å². The van der Waals surface area contributed by atoms with Crippen molar-refractivity contribution in [2.75, 3.05) is 0 Å². The average Bonchev–Trinajstić information content (AvgIpc) is 3.14. The van der Waals surface area contributed by atoms with E-state index in [9.17, 15) is 5.11 Å². The molecule has 28 heavy (non-hydrogen) atoms. The van der Waals surface area contributed by atoms with Gasteiger partial charge < -0.3 is 0 Å². The molecule has 0 aliphatic heterocycles. The predicted octanol–water partition coefficient (Wildman–Crippen LogP) is 2.51. The fourth-order valence-electron chi connectivity index (χ4n) is 4.12. The Morgan fingerprint density at radius 2 is 1.93 bits per heavy atom. The molecule has 0 fully saturated rings. The molecule has 1 aliphatic carbocycles. The second kappa shape index (κ2) is 7.16. The normalized spacial score (nSPS) is 16.3. The summed E-state index contributed by atoms with van der Waals surface area (Å²) in [5, 5.41) is 15.5. The monoisotopic (exact) mass is 430 g/mol. The number of rotatable bonds is 3. The Bertz CT molecular complexity index is 1170. The molecule has 1 aliphatic rings. The van der Waals surface area contributed by atoms with E-state index in [1.54, 1.807) is 6.33 Å². The third kappa shape index (κ3) is 2.95. The molecule has 2 radical (unpaired) electrons. The number of nitrogens with zero attached hydrogens (tertiary/aromatic N) is 4. The SMILES string of the molecule is OCc1cccc(-c2nn(C3CCc4ccccc4C3)c3ncnc([As])c23)c1. The minimum atomic E-state index is 0.0113. The number of aryl methyl sites for hydroxylation is 1. The van der Waals surface area contributed by atoms with Gasteiger partial charge in [0.05, 0.1) is 0 Å². The summed E-state index contributed by atoms with van der Waals surface area (Å²) in [6.07, 6.45) is 4.67. The summed E-state index contributed by atoms with van der Waals surface area (Å²) in [7, 11) is 0. The van der Waals surface area contributed by atoms with E-state index < -0.39 is 0 Å². The average molecular weight is 430 g/mol. The van der Waals surface area contributed by atoms with Gasteiger partial charge in [-0.25, -0.2) is 0 Å². The van der Waals surface area contributed by atoms with Gasteiger partial charge in [0.1, 0.15) is 0 Å². The molecule has 1 N–H and O–H groups in total. The van der Waals surface area contributed by atoms with E-state index in [1.165, 1.54) is 11.1 Å². The van der Waals surface area contributed by atoms with Crippen LogP contribution < -0.4 is 4.48 Å². The molecular weight excluding hydrogens is 411 g/mol. The van der Waals surface area contributed by atoms with Crippen molar-refractivity contribution < 1.29 is 5.11 Å². The number of fused-ring (bicyclic) bond motifs is 2. The Morgan fingerprint density at radius 3 is 2.79 bits per heavy atom. The van der Waals surface area contributed by atoms with Gasteiger partial charge >= 0.3 is 172 Å². The molecule has 2 heterocycles. The molecule has 0 saturated carbocycles. The van der Waals surface area contributed by atoms with Crippen LogP contribution in [0.15, 0.2) is 54.9 Å². The summed E-state index contributed by atoms with van der Waals surface area (Å²) < 4.78 is 2.95. The van der Waals surface area contributed by atoms with Gasteiger partial charge in [-0.2, -0.15) is 0 Å². The number of hydrogen-bond acceptors (Lipinski definition) is 4. The summed E-state index contributed by atoms with van der Waals surface area (Å²) in [5.41, 5.74) is 6.44. The predicted molar refractivity (Wildman–Crippen MR) is 110 cm³/mol. The van der Waals surface area contributed by atoms with Gasteiger partial charge in [-0.3, -0.25) is 0 Å². The van der Waals surface area contributed by atoms with Crippen LogP contribution in [0.3, 0.4) is 0 Å². The van der Waals surface area contributed by atoms with Gasteiger partial charge in [-0.05, 0) is 0 Å². The molecule has 0 bridgehead atoms. The quantitative estimate of drug-likeness (QED) is 0.508. The van der Waals surface area contributed by atoms with E-state index in [1.807, 2.05) is 24.3 Å². The zero-order valence-electron chi connectivity index (χ0n) is 15.3. The zero-order chi connectivity index (χ0) is 19.1. The number of aliphatic hydroxyl groups excluding tert-OH is 1. The molecule has 0 spiro atoms. The zero-order valence-corrected chi connectivity index (χ0v) is 17.2. The Hall–Kier alpha value is -2.49. The van der Waals surface area contributed by atoms with E-state index in [0.29, 0.717) is 0 Å². The van der Waals surface area contributed by atoms with Crippen molar-refractivity contribution in [2.24, 2.45) is 0 Å². The van der Waals surface area contributed by atoms with Crippen molar-refractivity contribution in [1.82, 2.24) is 19.7 Å². The van der Waals surface area contributed by atoms with E-state index in [2.05, 4.69) is 55.8 Å². The van der Waals surface area contributed by atoms with Crippen molar-refractivity contribution in [2.45, 2.75) is 31.9 Å². The Kier molecular flexibility index (Phi) is 4.50. The van der Waals surface area contributed by atoms with Crippen LogP contribution in [0.1, 0.15) is 29.2 Å². The van der Waals surface area contributed by atoms with Crippen molar-refractivity contribution >= 4 is 32.4 Å². The first-order valence-corrected chi connectivity index (χ1v) is 10.4. The van der Waals surface area contributed by atoms with Crippen LogP contribution in [-0.2, 0) is 19.4 Å². The van der Waals surface area contributed by atoms with Crippen LogP contribution in [-0.4, -0.2) is 41.7 Å². The second-order valence-electron chi connectivity index (χ2n) is 7.21. The van der Waals surface area contributed by atoms with Crippen LogP contribution in [0.5, 0.6) is 0 Å². The summed E-state index contributed by atoms with van der Waals surface area (Å²) >= 11 is 2.53. The Labute approximate surface area is 172 Å². The molecule has 1 atom stereocenters. The number of benzene rings is 2. The maximum absolute atomic E-state index is 9.53. The van der Waals surface area contributed by atoms with Crippen molar-refractivity contribution in [1.29, 1.82) is 0 Å². The molecule has 0 amide bonds. The maximum atomic E-state index is 9.53. The van der Waals surface area contributed by atoms with E-state index in [-0.39, 0.29) is 12.6 Å². The van der Waals surface area contributed by atoms with Gasteiger partial charge in [0, 0.05) is 0 Å². The van der Waals surface area contributed by atoms with Crippen LogP contribution in [0.2, 0.25) is 0 Å². The second-order valence-corrected chi connectivity index (χ2v) is 8.10. The third-order valence-corrected chi connectivity index (χ3v) is 6.23. The molecule has 1 unspecified atom stereocenters. The van der Waals surface area contributed by atoms with E-state index in [0.717, 1.165) is 51.6 Å². The van der Waals surface area contributed by atoms with E-state index in [4.69, 9.17) is 5.10 Å². The van der Waals surface area contributed by atoms with E-state index >= 15 is 0 Å². The number of hydrogen-bond donors (Lipinski definition) is 1.